The molecule has 2 saturated heterocycles. The summed E-state index contributed by atoms with van der Waals surface area (Å²) in [6.07, 6.45) is 1.06. The number of thiazole rings is 1. The SMILES string of the molecule is Cc1csc(NC(=O)C2CCN(C(=O)C3CC(=O)N(c4cc(F)cc(F)c4)C3)CC2)n1. The van der Waals surface area contributed by atoms with Crippen LogP contribution in [0.2, 0.25) is 0 Å². The number of benzene rings is 1. The standard InChI is InChI=1S/C21H22F2N4O3S/c1-12-11-31-21(24-12)25-19(29)13-2-4-26(5-3-13)20(30)14-6-18(28)27(10-14)17-8-15(22)7-16(23)9-17/h7-9,11,13-14H,2-6,10H2,1H3,(H,24,25,29). The zero-order valence-corrected chi connectivity index (χ0v) is 17.8. The summed E-state index contributed by atoms with van der Waals surface area (Å²) in [6, 6.07) is 2.91. The van der Waals surface area contributed by atoms with Crippen molar-refractivity contribution >= 4 is 39.9 Å². The second kappa shape index (κ2) is 8.70. The number of carbonyl (C=O) groups excluding carboxylic acids is 3. The van der Waals surface area contributed by atoms with Crippen LogP contribution in [0, 0.1) is 30.4 Å². The molecule has 164 valence electrons. The molecular formula is C21H22F2N4O3S. The van der Waals surface area contributed by atoms with Crippen molar-refractivity contribution in [2.45, 2.75) is 26.2 Å². The molecule has 2 aliphatic rings. The number of nitrogens with one attached hydrogen (secondary N) is 1. The number of carbonyl (C=O) groups is 3. The van der Waals surface area contributed by atoms with E-state index in [1.54, 1.807) is 4.90 Å². The van der Waals surface area contributed by atoms with E-state index in [-0.39, 0.29) is 42.3 Å². The molecule has 1 N–H and O–H groups in total. The van der Waals surface area contributed by atoms with Gasteiger partial charge in [0, 0.05) is 49.1 Å². The summed E-state index contributed by atoms with van der Waals surface area (Å²) in [6.45, 7) is 2.79. The average molecular weight is 448 g/mol. The normalized spacial score (nSPS) is 19.7. The molecule has 1 unspecified atom stereocenters. The number of hydrogen-bond acceptors (Lipinski definition) is 5. The summed E-state index contributed by atoms with van der Waals surface area (Å²) < 4.78 is 27.0. The van der Waals surface area contributed by atoms with Gasteiger partial charge in [-0.2, -0.15) is 0 Å². The molecule has 1 aromatic heterocycles. The number of aryl methyl sites for hydroxylation is 1. The van der Waals surface area contributed by atoms with Crippen molar-refractivity contribution in [1.29, 1.82) is 0 Å². The Kier molecular flexibility index (Phi) is 5.99. The van der Waals surface area contributed by atoms with E-state index in [9.17, 15) is 23.2 Å². The Morgan fingerprint density at radius 2 is 1.81 bits per heavy atom. The smallest absolute Gasteiger partial charge is 0.229 e. The van der Waals surface area contributed by atoms with Crippen LogP contribution in [0.25, 0.3) is 0 Å². The predicted molar refractivity (Wildman–Crippen MR) is 112 cm³/mol. The second-order valence-corrected chi connectivity index (χ2v) is 8.77. The highest BCUT2D eigenvalue weighted by atomic mass is 32.1. The van der Waals surface area contributed by atoms with Crippen molar-refractivity contribution < 1.29 is 23.2 Å². The van der Waals surface area contributed by atoms with Gasteiger partial charge in [0.1, 0.15) is 11.6 Å². The fourth-order valence-corrected chi connectivity index (χ4v) is 4.75. The minimum absolute atomic E-state index is 0.000773. The fraction of sp³-hybridized carbons (Fsp3) is 0.429. The quantitative estimate of drug-likeness (QED) is 0.780. The van der Waals surface area contributed by atoms with Gasteiger partial charge in [-0.05, 0) is 31.9 Å². The minimum atomic E-state index is -0.772. The number of anilines is 2. The molecule has 7 nitrogen and oxygen atoms in total. The summed E-state index contributed by atoms with van der Waals surface area (Å²) in [5.74, 6) is -2.92. The van der Waals surface area contributed by atoms with Gasteiger partial charge in [-0.25, -0.2) is 13.8 Å². The molecular weight excluding hydrogens is 426 g/mol. The van der Waals surface area contributed by atoms with Gasteiger partial charge in [0.05, 0.1) is 11.6 Å². The van der Waals surface area contributed by atoms with E-state index in [1.165, 1.54) is 16.2 Å². The lowest BCUT2D eigenvalue weighted by atomic mass is 9.94. The highest BCUT2D eigenvalue weighted by molar-refractivity contribution is 7.13. The lowest BCUT2D eigenvalue weighted by Crippen LogP contribution is -2.44. The largest absolute Gasteiger partial charge is 0.342 e. The first-order chi connectivity index (χ1) is 14.8. The molecule has 3 amide bonds. The third-order valence-corrected chi connectivity index (χ3v) is 6.54. The number of amides is 3. The van der Waals surface area contributed by atoms with Gasteiger partial charge in [-0.15, -0.1) is 11.3 Å². The van der Waals surface area contributed by atoms with Gasteiger partial charge in [-0.1, -0.05) is 0 Å². The van der Waals surface area contributed by atoms with Crippen LogP contribution in [-0.4, -0.2) is 47.2 Å². The number of piperidine rings is 1. The third kappa shape index (κ3) is 4.73. The number of hydrogen-bond donors (Lipinski definition) is 1. The van der Waals surface area contributed by atoms with E-state index >= 15 is 0 Å². The highest BCUT2D eigenvalue weighted by Crippen LogP contribution is 2.29. The number of rotatable bonds is 4. The molecule has 0 spiro atoms. The van der Waals surface area contributed by atoms with Crippen molar-refractivity contribution in [2.75, 3.05) is 29.9 Å². The Bertz CT molecular complexity index is 1000. The van der Waals surface area contributed by atoms with Crippen LogP contribution in [0.4, 0.5) is 19.6 Å². The van der Waals surface area contributed by atoms with Gasteiger partial charge < -0.3 is 15.1 Å². The van der Waals surface area contributed by atoms with Gasteiger partial charge >= 0.3 is 0 Å². The lowest BCUT2D eigenvalue weighted by Gasteiger charge is -2.32. The fourth-order valence-electron chi connectivity index (χ4n) is 4.06. The minimum Gasteiger partial charge on any atom is -0.342 e. The zero-order valence-electron chi connectivity index (χ0n) is 16.9. The van der Waals surface area contributed by atoms with Crippen molar-refractivity contribution in [3.8, 4) is 0 Å². The van der Waals surface area contributed by atoms with Crippen LogP contribution in [-0.2, 0) is 14.4 Å². The third-order valence-electron chi connectivity index (χ3n) is 5.66. The first-order valence-electron chi connectivity index (χ1n) is 10.1. The van der Waals surface area contributed by atoms with Crippen molar-refractivity contribution in [1.82, 2.24) is 9.88 Å². The van der Waals surface area contributed by atoms with Crippen LogP contribution in [0.1, 0.15) is 25.0 Å². The zero-order chi connectivity index (χ0) is 22.1. The number of nitrogens with zero attached hydrogens (tertiary/aromatic N) is 3. The van der Waals surface area contributed by atoms with Crippen molar-refractivity contribution in [2.24, 2.45) is 11.8 Å². The van der Waals surface area contributed by atoms with Crippen molar-refractivity contribution in [3.63, 3.8) is 0 Å². The Balaban J connectivity index is 1.32. The van der Waals surface area contributed by atoms with Crippen LogP contribution in [0.3, 0.4) is 0 Å². The van der Waals surface area contributed by atoms with Crippen LogP contribution >= 0.6 is 11.3 Å². The van der Waals surface area contributed by atoms with Gasteiger partial charge in [0.2, 0.25) is 17.7 Å². The summed E-state index contributed by atoms with van der Waals surface area (Å²) in [5, 5.41) is 5.25. The molecule has 2 aliphatic heterocycles. The maximum Gasteiger partial charge on any atom is 0.229 e. The Morgan fingerprint density at radius 1 is 1.13 bits per heavy atom. The molecule has 2 fully saturated rings. The Hall–Kier alpha value is -2.88. The Labute approximate surface area is 182 Å². The Morgan fingerprint density at radius 3 is 2.42 bits per heavy atom. The van der Waals surface area contributed by atoms with E-state index in [4.69, 9.17) is 0 Å². The van der Waals surface area contributed by atoms with Crippen LogP contribution in [0.5, 0.6) is 0 Å². The predicted octanol–water partition coefficient (Wildman–Crippen LogP) is 2.96. The molecule has 2 aromatic rings. The first-order valence-corrected chi connectivity index (χ1v) is 11.0. The van der Waals surface area contributed by atoms with Crippen molar-refractivity contribution in [3.05, 3.63) is 40.9 Å². The maximum absolute atomic E-state index is 13.5. The maximum atomic E-state index is 13.5. The summed E-state index contributed by atoms with van der Waals surface area (Å²) >= 11 is 1.37. The molecule has 3 heterocycles. The van der Waals surface area contributed by atoms with Gasteiger partial charge in [0.25, 0.3) is 0 Å². The average Bonchev–Trinajstić information content (AvgIpc) is 3.32. The van der Waals surface area contributed by atoms with E-state index in [1.807, 2.05) is 12.3 Å². The molecule has 0 aliphatic carbocycles. The molecule has 31 heavy (non-hydrogen) atoms. The molecule has 0 bridgehead atoms. The summed E-state index contributed by atoms with van der Waals surface area (Å²) in [7, 11) is 0. The monoisotopic (exact) mass is 448 g/mol. The van der Waals surface area contributed by atoms with E-state index in [0.29, 0.717) is 31.1 Å². The van der Waals surface area contributed by atoms with E-state index in [2.05, 4.69) is 10.3 Å². The second-order valence-electron chi connectivity index (χ2n) is 7.92. The van der Waals surface area contributed by atoms with E-state index in [0.717, 1.165) is 23.9 Å². The molecule has 4 rings (SSSR count). The topological polar surface area (TPSA) is 82.6 Å². The molecule has 0 radical (unpaired) electrons. The summed E-state index contributed by atoms with van der Waals surface area (Å²) in [5.41, 5.74) is 0.965. The molecule has 1 atom stereocenters. The van der Waals surface area contributed by atoms with Crippen LogP contribution < -0.4 is 10.2 Å². The number of likely N-dealkylation sites (tertiary alicyclic amines) is 1. The lowest BCUT2D eigenvalue weighted by molar-refractivity contribution is -0.138. The van der Waals surface area contributed by atoms with Gasteiger partial charge in [0.15, 0.2) is 5.13 Å². The molecule has 1 aromatic carbocycles. The van der Waals surface area contributed by atoms with E-state index < -0.39 is 17.6 Å². The number of halogens is 2. The summed E-state index contributed by atoms with van der Waals surface area (Å²) in [4.78, 5) is 44.9. The van der Waals surface area contributed by atoms with Crippen LogP contribution in [0.15, 0.2) is 23.6 Å². The first kappa shape index (κ1) is 21.4. The molecule has 0 saturated carbocycles. The highest BCUT2D eigenvalue weighted by Gasteiger charge is 2.39. The number of aromatic nitrogens is 1. The van der Waals surface area contributed by atoms with Gasteiger partial charge in [-0.3, -0.25) is 14.4 Å². The molecule has 10 heteroatoms.